The van der Waals surface area contributed by atoms with Crippen molar-refractivity contribution in [1.82, 2.24) is 0 Å². The number of hydrogen-bond donors (Lipinski definition) is 0. The van der Waals surface area contributed by atoms with E-state index < -0.39 is 30.4 Å². The third-order valence-corrected chi connectivity index (χ3v) is 4.81. The summed E-state index contributed by atoms with van der Waals surface area (Å²) in [6.07, 6.45) is -0.00222. The number of ether oxygens (including phenoxy) is 4. The van der Waals surface area contributed by atoms with Crippen LogP contribution >= 0.6 is 0 Å². The second kappa shape index (κ2) is 10.7. The first-order chi connectivity index (χ1) is 14.6. The SMILES string of the molecule is C=CCO[C@H]1O[C@H](CC)C[C@H](OC(=O)c2ccccc2)[C@H]1OC(=O)c1ccccc1. The van der Waals surface area contributed by atoms with E-state index in [2.05, 4.69) is 6.58 Å². The topological polar surface area (TPSA) is 71.1 Å². The molecule has 6 heteroatoms. The minimum Gasteiger partial charge on any atom is -0.455 e. The van der Waals surface area contributed by atoms with Crippen molar-refractivity contribution in [3.63, 3.8) is 0 Å². The number of rotatable bonds is 8. The van der Waals surface area contributed by atoms with E-state index in [4.69, 9.17) is 18.9 Å². The monoisotopic (exact) mass is 410 g/mol. The Kier molecular flexibility index (Phi) is 7.76. The van der Waals surface area contributed by atoms with Crippen molar-refractivity contribution in [2.75, 3.05) is 6.61 Å². The van der Waals surface area contributed by atoms with Gasteiger partial charge in [-0.3, -0.25) is 0 Å². The van der Waals surface area contributed by atoms with Crippen LogP contribution in [0.2, 0.25) is 0 Å². The fourth-order valence-corrected chi connectivity index (χ4v) is 3.24. The summed E-state index contributed by atoms with van der Waals surface area (Å²) in [7, 11) is 0. The van der Waals surface area contributed by atoms with E-state index in [0.29, 0.717) is 24.0 Å². The molecule has 0 aliphatic carbocycles. The highest BCUT2D eigenvalue weighted by Crippen LogP contribution is 2.29. The zero-order valence-electron chi connectivity index (χ0n) is 16.9. The van der Waals surface area contributed by atoms with Crippen LogP contribution in [0.4, 0.5) is 0 Å². The van der Waals surface area contributed by atoms with Crippen molar-refractivity contribution in [3.8, 4) is 0 Å². The van der Waals surface area contributed by atoms with Gasteiger partial charge in [0, 0.05) is 6.42 Å². The molecule has 1 heterocycles. The van der Waals surface area contributed by atoms with E-state index in [1.807, 2.05) is 19.1 Å². The Bertz CT molecular complexity index is 835. The van der Waals surface area contributed by atoms with E-state index in [1.165, 1.54) is 0 Å². The van der Waals surface area contributed by atoms with Gasteiger partial charge in [0.1, 0.15) is 6.10 Å². The van der Waals surface area contributed by atoms with Crippen LogP contribution in [-0.2, 0) is 18.9 Å². The van der Waals surface area contributed by atoms with Gasteiger partial charge in [-0.05, 0) is 30.7 Å². The molecule has 2 aromatic carbocycles. The molecule has 0 saturated carbocycles. The molecule has 1 saturated heterocycles. The van der Waals surface area contributed by atoms with Gasteiger partial charge in [0.2, 0.25) is 0 Å². The molecule has 0 radical (unpaired) electrons. The molecule has 4 atom stereocenters. The first kappa shape index (κ1) is 21.7. The summed E-state index contributed by atoms with van der Waals surface area (Å²) in [5.41, 5.74) is 0.819. The molecule has 158 valence electrons. The van der Waals surface area contributed by atoms with Crippen LogP contribution in [0.1, 0.15) is 40.5 Å². The first-order valence-electron chi connectivity index (χ1n) is 10.0. The second-order valence-electron chi connectivity index (χ2n) is 6.94. The number of hydrogen-bond acceptors (Lipinski definition) is 6. The number of carbonyl (C=O) groups excluding carboxylic acids is 2. The predicted molar refractivity (Wildman–Crippen MR) is 111 cm³/mol. The molecule has 0 spiro atoms. The highest BCUT2D eigenvalue weighted by molar-refractivity contribution is 5.90. The van der Waals surface area contributed by atoms with Gasteiger partial charge in [-0.25, -0.2) is 9.59 Å². The summed E-state index contributed by atoms with van der Waals surface area (Å²) in [6, 6.07) is 17.3. The van der Waals surface area contributed by atoms with Crippen molar-refractivity contribution in [2.45, 2.75) is 44.4 Å². The van der Waals surface area contributed by atoms with E-state index in [-0.39, 0.29) is 12.7 Å². The largest absolute Gasteiger partial charge is 0.455 e. The smallest absolute Gasteiger partial charge is 0.338 e. The highest BCUT2D eigenvalue weighted by Gasteiger charge is 2.44. The molecule has 0 amide bonds. The standard InChI is InChI=1S/C24H26O6/c1-3-15-27-24-21(30-23(26)18-13-9-6-10-14-18)20(16-19(4-2)28-24)29-22(25)17-11-7-5-8-12-17/h3,5-14,19-21,24H,1,4,15-16H2,2H3/t19-,20+,21-,24+/m1/s1. The molecule has 30 heavy (non-hydrogen) atoms. The molecule has 0 aromatic heterocycles. The number of esters is 2. The van der Waals surface area contributed by atoms with Gasteiger partial charge in [-0.15, -0.1) is 6.58 Å². The Balaban J connectivity index is 1.82. The summed E-state index contributed by atoms with van der Waals surface area (Å²) in [4.78, 5) is 25.4. The van der Waals surface area contributed by atoms with E-state index in [1.54, 1.807) is 54.6 Å². The fraction of sp³-hybridized carbons (Fsp3) is 0.333. The van der Waals surface area contributed by atoms with E-state index >= 15 is 0 Å². The Labute approximate surface area is 176 Å². The zero-order chi connectivity index (χ0) is 21.3. The molecule has 2 aromatic rings. The lowest BCUT2D eigenvalue weighted by Crippen LogP contribution is -2.53. The third kappa shape index (κ3) is 5.55. The molecular weight excluding hydrogens is 384 g/mol. The average Bonchev–Trinajstić information content (AvgIpc) is 2.80. The highest BCUT2D eigenvalue weighted by atomic mass is 16.7. The molecule has 3 rings (SSSR count). The first-order valence-corrected chi connectivity index (χ1v) is 10.0. The third-order valence-electron chi connectivity index (χ3n) is 4.81. The van der Waals surface area contributed by atoms with Crippen molar-refractivity contribution in [2.24, 2.45) is 0 Å². The maximum absolute atomic E-state index is 12.7. The minimum atomic E-state index is -0.909. The van der Waals surface area contributed by atoms with E-state index in [9.17, 15) is 9.59 Å². The molecule has 0 N–H and O–H groups in total. The van der Waals surface area contributed by atoms with Crippen molar-refractivity contribution in [3.05, 3.63) is 84.4 Å². The predicted octanol–water partition coefficient (Wildman–Crippen LogP) is 4.17. The van der Waals surface area contributed by atoms with Gasteiger partial charge >= 0.3 is 11.9 Å². The quantitative estimate of drug-likeness (QED) is 0.481. The Morgan fingerprint density at radius 3 is 2.10 bits per heavy atom. The van der Waals surface area contributed by atoms with Crippen molar-refractivity contribution < 1.29 is 28.5 Å². The fourth-order valence-electron chi connectivity index (χ4n) is 3.24. The summed E-state index contributed by atoms with van der Waals surface area (Å²) < 4.78 is 23.2. The van der Waals surface area contributed by atoms with Gasteiger partial charge in [-0.2, -0.15) is 0 Å². The minimum absolute atomic E-state index is 0.194. The van der Waals surface area contributed by atoms with Crippen LogP contribution < -0.4 is 0 Å². The van der Waals surface area contributed by atoms with Crippen molar-refractivity contribution in [1.29, 1.82) is 0 Å². The lowest BCUT2D eigenvalue weighted by Gasteiger charge is -2.40. The van der Waals surface area contributed by atoms with Gasteiger partial charge in [0.25, 0.3) is 0 Å². The van der Waals surface area contributed by atoms with Crippen LogP contribution in [0.25, 0.3) is 0 Å². The van der Waals surface area contributed by atoms with Gasteiger partial charge < -0.3 is 18.9 Å². The Hall–Kier alpha value is -2.96. The van der Waals surface area contributed by atoms with Crippen molar-refractivity contribution >= 4 is 11.9 Å². The molecule has 1 fully saturated rings. The lowest BCUT2D eigenvalue weighted by atomic mass is 10.00. The normalized spacial score (nSPS) is 23.4. The van der Waals surface area contributed by atoms with Crippen LogP contribution in [0.5, 0.6) is 0 Å². The maximum Gasteiger partial charge on any atom is 0.338 e. The number of benzene rings is 2. The molecule has 0 unspecified atom stereocenters. The summed E-state index contributed by atoms with van der Waals surface area (Å²) in [5, 5.41) is 0. The zero-order valence-corrected chi connectivity index (χ0v) is 16.9. The summed E-state index contributed by atoms with van der Waals surface area (Å²) in [6.45, 7) is 5.83. The second-order valence-corrected chi connectivity index (χ2v) is 6.94. The lowest BCUT2D eigenvalue weighted by molar-refractivity contribution is -0.262. The summed E-state index contributed by atoms with van der Waals surface area (Å²) in [5.74, 6) is -1.02. The maximum atomic E-state index is 12.7. The van der Waals surface area contributed by atoms with E-state index in [0.717, 1.165) is 0 Å². The van der Waals surface area contributed by atoms with Crippen LogP contribution in [0, 0.1) is 0 Å². The molecule has 0 bridgehead atoms. The molecule has 1 aliphatic rings. The Morgan fingerprint density at radius 1 is 1.00 bits per heavy atom. The van der Waals surface area contributed by atoms with Crippen LogP contribution in [-0.4, -0.2) is 43.1 Å². The van der Waals surface area contributed by atoms with Gasteiger partial charge in [0.05, 0.1) is 23.8 Å². The average molecular weight is 410 g/mol. The van der Waals surface area contributed by atoms with Gasteiger partial charge in [0.15, 0.2) is 12.4 Å². The molecule has 6 nitrogen and oxygen atoms in total. The van der Waals surface area contributed by atoms with Crippen LogP contribution in [0.3, 0.4) is 0 Å². The van der Waals surface area contributed by atoms with Gasteiger partial charge in [-0.1, -0.05) is 49.4 Å². The van der Waals surface area contributed by atoms with Crippen LogP contribution in [0.15, 0.2) is 73.3 Å². The number of carbonyl (C=O) groups is 2. The summed E-state index contributed by atoms with van der Waals surface area (Å²) >= 11 is 0. The Morgan fingerprint density at radius 2 is 1.57 bits per heavy atom. The molecule has 1 aliphatic heterocycles. The molecular formula is C24H26O6.